The number of hydrogen-bond donors (Lipinski definition) is 1. The Bertz CT molecular complexity index is 1060. The molecular formula is C26H25ClN2O. The molecule has 0 saturated heterocycles. The third-order valence-electron chi connectivity index (χ3n) is 5.39. The monoisotopic (exact) mass is 416 g/mol. The second kappa shape index (κ2) is 9.34. The molecule has 152 valence electrons. The predicted octanol–water partition coefficient (Wildman–Crippen LogP) is 5.62. The summed E-state index contributed by atoms with van der Waals surface area (Å²) in [6, 6.07) is 18.0. The third-order valence-corrected chi connectivity index (χ3v) is 5.64. The molecule has 1 aromatic heterocycles. The second-order valence-corrected chi connectivity index (χ2v) is 8.24. The summed E-state index contributed by atoms with van der Waals surface area (Å²) in [5.74, 6) is 7.93. The van der Waals surface area contributed by atoms with Crippen LogP contribution in [-0.2, 0) is 0 Å². The number of hydrogen-bond acceptors (Lipinski definition) is 3. The van der Waals surface area contributed by atoms with Gasteiger partial charge >= 0.3 is 0 Å². The Morgan fingerprint density at radius 3 is 2.50 bits per heavy atom. The topological polar surface area (TPSA) is 48.1 Å². The fraction of sp³-hybridized carbons (Fsp3) is 0.269. The summed E-state index contributed by atoms with van der Waals surface area (Å²) in [5, 5.41) is 0.725. The van der Waals surface area contributed by atoms with E-state index < -0.39 is 0 Å². The van der Waals surface area contributed by atoms with Gasteiger partial charge in [0.1, 0.15) is 11.4 Å². The minimum atomic E-state index is 0.272. The molecule has 0 amide bonds. The zero-order valence-electron chi connectivity index (χ0n) is 17.1. The molecule has 0 bridgehead atoms. The van der Waals surface area contributed by atoms with Gasteiger partial charge in [-0.3, -0.25) is 0 Å². The fourth-order valence-corrected chi connectivity index (χ4v) is 3.50. The summed E-state index contributed by atoms with van der Waals surface area (Å²) in [6.45, 7) is 2.70. The van der Waals surface area contributed by atoms with Crippen LogP contribution >= 0.6 is 11.6 Å². The lowest BCUT2D eigenvalue weighted by Crippen LogP contribution is -2.24. The quantitative estimate of drug-likeness (QED) is 0.531. The molecule has 1 aliphatic carbocycles. The van der Waals surface area contributed by atoms with E-state index in [0.29, 0.717) is 12.5 Å². The number of rotatable bonds is 6. The zero-order chi connectivity index (χ0) is 20.9. The van der Waals surface area contributed by atoms with Gasteiger partial charge in [0.25, 0.3) is 0 Å². The maximum atomic E-state index is 6.14. The van der Waals surface area contributed by atoms with Gasteiger partial charge < -0.3 is 10.5 Å². The van der Waals surface area contributed by atoms with E-state index >= 15 is 0 Å². The summed E-state index contributed by atoms with van der Waals surface area (Å²) >= 11 is 5.95. The summed E-state index contributed by atoms with van der Waals surface area (Å²) in [4.78, 5) is 4.47. The van der Waals surface area contributed by atoms with Crippen LogP contribution in [0.5, 0.6) is 5.75 Å². The van der Waals surface area contributed by atoms with E-state index in [1.165, 1.54) is 12.8 Å². The van der Waals surface area contributed by atoms with Crippen LogP contribution in [-0.4, -0.2) is 17.6 Å². The lowest BCUT2D eigenvalue weighted by atomic mass is 10.1. The molecule has 4 rings (SSSR count). The predicted molar refractivity (Wildman–Crippen MR) is 123 cm³/mol. The first kappa shape index (κ1) is 20.5. The van der Waals surface area contributed by atoms with Crippen molar-refractivity contribution in [1.29, 1.82) is 0 Å². The number of benzene rings is 2. The van der Waals surface area contributed by atoms with Crippen molar-refractivity contribution in [3.63, 3.8) is 0 Å². The summed E-state index contributed by atoms with van der Waals surface area (Å²) in [5.41, 5.74) is 11.0. The molecule has 2 aromatic carbocycles. The minimum Gasteiger partial charge on any atom is -0.493 e. The fourth-order valence-electron chi connectivity index (χ4n) is 3.37. The second-order valence-electron chi connectivity index (χ2n) is 7.81. The molecule has 1 heterocycles. The Morgan fingerprint density at radius 2 is 1.83 bits per heavy atom. The molecule has 4 heteroatoms. The van der Waals surface area contributed by atoms with Crippen LogP contribution in [0.4, 0.5) is 0 Å². The molecule has 1 saturated carbocycles. The van der Waals surface area contributed by atoms with E-state index in [4.69, 9.17) is 22.1 Å². The molecule has 1 atom stereocenters. The van der Waals surface area contributed by atoms with E-state index in [2.05, 4.69) is 16.8 Å². The molecule has 3 nitrogen and oxygen atoms in total. The summed E-state index contributed by atoms with van der Waals surface area (Å²) < 4.78 is 5.92. The Kier molecular flexibility index (Phi) is 6.38. The first-order valence-corrected chi connectivity index (χ1v) is 10.7. The van der Waals surface area contributed by atoms with Crippen LogP contribution in [0.25, 0.3) is 11.1 Å². The number of aromatic nitrogens is 1. The van der Waals surface area contributed by atoms with Crippen molar-refractivity contribution in [1.82, 2.24) is 4.98 Å². The highest BCUT2D eigenvalue weighted by Crippen LogP contribution is 2.32. The van der Waals surface area contributed by atoms with E-state index in [1.807, 2.05) is 67.7 Å². The lowest BCUT2D eigenvalue weighted by molar-refractivity contribution is 0.290. The molecule has 0 radical (unpaired) electrons. The van der Waals surface area contributed by atoms with E-state index in [1.54, 1.807) is 0 Å². The van der Waals surface area contributed by atoms with Crippen molar-refractivity contribution in [2.45, 2.75) is 32.2 Å². The number of halogens is 1. The molecule has 1 fully saturated rings. The molecular weight excluding hydrogens is 392 g/mol. The van der Waals surface area contributed by atoms with Gasteiger partial charge in [0.2, 0.25) is 0 Å². The van der Waals surface area contributed by atoms with Gasteiger partial charge in [-0.25, -0.2) is 4.98 Å². The standard InChI is InChI=1S/C26H25ClN2O/c1-18-16-19(3-13-26(18)30-15-14-25(28)21-4-5-21)2-11-24-12-8-22(17-29-24)20-6-9-23(27)10-7-20/h3,6-10,12-13,16-17,21,25H,4-5,14-15,28H2,1H3. The van der Waals surface area contributed by atoms with E-state index in [-0.39, 0.29) is 6.04 Å². The van der Waals surface area contributed by atoms with Gasteiger partial charge in [-0.2, -0.15) is 0 Å². The van der Waals surface area contributed by atoms with Crippen LogP contribution in [0.2, 0.25) is 5.02 Å². The number of nitrogens with zero attached hydrogens (tertiary/aromatic N) is 1. The molecule has 0 aliphatic heterocycles. The largest absolute Gasteiger partial charge is 0.493 e. The van der Waals surface area contributed by atoms with Crippen LogP contribution in [0.15, 0.2) is 60.8 Å². The molecule has 30 heavy (non-hydrogen) atoms. The minimum absolute atomic E-state index is 0.272. The molecule has 1 unspecified atom stereocenters. The van der Waals surface area contributed by atoms with Crippen LogP contribution in [0.1, 0.15) is 36.1 Å². The van der Waals surface area contributed by atoms with Crippen molar-refractivity contribution < 1.29 is 4.74 Å². The first-order valence-electron chi connectivity index (χ1n) is 10.3. The molecule has 0 spiro atoms. The van der Waals surface area contributed by atoms with Crippen molar-refractivity contribution >= 4 is 11.6 Å². The average Bonchev–Trinajstić information content (AvgIpc) is 3.60. The van der Waals surface area contributed by atoms with Crippen molar-refractivity contribution in [3.05, 3.63) is 82.6 Å². The van der Waals surface area contributed by atoms with Gasteiger partial charge in [0.05, 0.1) is 6.61 Å². The summed E-state index contributed by atoms with van der Waals surface area (Å²) in [7, 11) is 0. The zero-order valence-corrected chi connectivity index (χ0v) is 17.8. The summed E-state index contributed by atoms with van der Waals surface area (Å²) in [6.07, 6.45) is 5.28. The molecule has 2 N–H and O–H groups in total. The average molecular weight is 417 g/mol. The number of ether oxygens (including phenoxy) is 1. The highest BCUT2D eigenvalue weighted by atomic mass is 35.5. The highest BCUT2D eigenvalue weighted by Gasteiger charge is 2.28. The van der Waals surface area contributed by atoms with Crippen molar-refractivity contribution in [3.8, 4) is 28.7 Å². The van der Waals surface area contributed by atoms with Gasteiger partial charge in [-0.15, -0.1) is 0 Å². The maximum Gasteiger partial charge on any atom is 0.122 e. The Hall–Kier alpha value is -2.80. The maximum absolute atomic E-state index is 6.14. The molecule has 3 aromatic rings. The van der Waals surface area contributed by atoms with Crippen LogP contribution in [0, 0.1) is 24.7 Å². The van der Waals surface area contributed by atoms with Crippen LogP contribution in [0.3, 0.4) is 0 Å². The van der Waals surface area contributed by atoms with Crippen LogP contribution < -0.4 is 10.5 Å². The molecule has 1 aliphatic rings. The van der Waals surface area contributed by atoms with E-state index in [0.717, 1.165) is 45.1 Å². The highest BCUT2D eigenvalue weighted by molar-refractivity contribution is 6.30. The number of aryl methyl sites for hydroxylation is 1. The van der Waals surface area contributed by atoms with Gasteiger partial charge in [0, 0.05) is 28.4 Å². The van der Waals surface area contributed by atoms with Gasteiger partial charge in [-0.05, 0) is 85.5 Å². The van der Waals surface area contributed by atoms with Gasteiger partial charge in [-0.1, -0.05) is 35.7 Å². The smallest absolute Gasteiger partial charge is 0.122 e. The number of nitrogens with two attached hydrogens (primary N) is 1. The third kappa shape index (κ3) is 5.42. The normalized spacial score (nSPS) is 14.0. The Morgan fingerprint density at radius 1 is 1.07 bits per heavy atom. The first-order chi connectivity index (χ1) is 14.6. The van der Waals surface area contributed by atoms with E-state index in [9.17, 15) is 0 Å². The lowest BCUT2D eigenvalue weighted by Gasteiger charge is -2.13. The van der Waals surface area contributed by atoms with Gasteiger partial charge in [0.15, 0.2) is 0 Å². The number of pyridine rings is 1. The Balaban J connectivity index is 1.37. The Labute approximate surface area is 183 Å². The van der Waals surface area contributed by atoms with Crippen molar-refractivity contribution in [2.75, 3.05) is 6.61 Å². The SMILES string of the molecule is Cc1cc(C#Cc2ccc(-c3ccc(Cl)cc3)cn2)ccc1OCCC(N)C1CC1. The van der Waals surface area contributed by atoms with Crippen molar-refractivity contribution in [2.24, 2.45) is 11.7 Å².